The number of rotatable bonds is 5. The Labute approximate surface area is 131 Å². The average Bonchev–Trinajstić information content (AvgIpc) is 2.58. The lowest BCUT2D eigenvalue weighted by atomic mass is 10.1. The zero-order chi connectivity index (χ0) is 15.2. The van der Waals surface area contributed by atoms with Crippen LogP contribution in [0.2, 0.25) is 0 Å². The summed E-state index contributed by atoms with van der Waals surface area (Å²) < 4.78 is 5.71. The monoisotopic (exact) mass is 298 g/mol. The van der Waals surface area contributed by atoms with E-state index in [1.165, 1.54) is 5.56 Å². The largest absolute Gasteiger partial charge is 0.494 e. The number of anilines is 1. The Balaban J connectivity index is 1.58. The summed E-state index contributed by atoms with van der Waals surface area (Å²) >= 11 is 0. The quantitative estimate of drug-likeness (QED) is 0.846. The fourth-order valence-corrected chi connectivity index (χ4v) is 2.73. The maximum Gasteiger partial charge on any atom is 0.225 e. The van der Waals surface area contributed by atoms with Crippen molar-refractivity contribution in [2.75, 3.05) is 37.7 Å². The highest BCUT2D eigenvalue weighted by Gasteiger charge is 2.19. The van der Waals surface area contributed by atoms with Gasteiger partial charge < -0.3 is 9.64 Å². The van der Waals surface area contributed by atoms with E-state index in [9.17, 15) is 0 Å². The van der Waals surface area contributed by atoms with E-state index in [-0.39, 0.29) is 0 Å². The second kappa shape index (κ2) is 7.22. The van der Waals surface area contributed by atoms with Crippen LogP contribution in [-0.4, -0.2) is 47.7 Å². The van der Waals surface area contributed by atoms with Crippen molar-refractivity contribution in [2.45, 2.75) is 13.5 Å². The minimum atomic E-state index is 0.705. The summed E-state index contributed by atoms with van der Waals surface area (Å²) in [5, 5.41) is 0. The van der Waals surface area contributed by atoms with Crippen LogP contribution in [0.15, 0.2) is 42.7 Å². The minimum absolute atomic E-state index is 0.705. The number of hydrogen-bond donors (Lipinski definition) is 0. The molecular formula is C17H22N4O. The van der Waals surface area contributed by atoms with Gasteiger partial charge in [-0.05, 0) is 19.1 Å². The predicted octanol–water partition coefficient (Wildman–Crippen LogP) is 2.20. The van der Waals surface area contributed by atoms with Gasteiger partial charge in [-0.1, -0.05) is 18.2 Å². The number of nitrogens with zero attached hydrogens (tertiary/aromatic N) is 4. The van der Waals surface area contributed by atoms with Gasteiger partial charge in [-0.2, -0.15) is 0 Å². The number of ether oxygens (including phenoxy) is 1. The molecule has 116 valence electrons. The Morgan fingerprint density at radius 1 is 1.00 bits per heavy atom. The van der Waals surface area contributed by atoms with Crippen molar-refractivity contribution in [1.82, 2.24) is 14.9 Å². The molecule has 1 aromatic carbocycles. The topological polar surface area (TPSA) is 41.5 Å². The van der Waals surface area contributed by atoms with Gasteiger partial charge in [0.1, 0.15) is 5.75 Å². The van der Waals surface area contributed by atoms with Crippen LogP contribution in [0.25, 0.3) is 0 Å². The summed E-state index contributed by atoms with van der Waals surface area (Å²) in [6.45, 7) is 7.60. The molecule has 1 aliphatic heterocycles. The Morgan fingerprint density at radius 3 is 2.45 bits per heavy atom. The summed E-state index contributed by atoms with van der Waals surface area (Å²) in [4.78, 5) is 13.3. The number of benzene rings is 1. The maximum absolute atomic E-state index is 5.71. The zero-order valence-corrected chi connectivity index (χ0v) is 13.0. The Hall–Kier alpha value is -2.14. The number of piperazine rings is 1. The highest BCUT2D eigenvalue weighted by molar-refractivity contribution is 5.34. The second-order valence-electron chi connectivity index (χ2n) is 5.35. The fourth-order valence-electron chi connectivity index (χ4n) is 2.73. The number of aromatic nitrogens is 2. The lowest BCUT2D eigenvalue weighted by Gasteiger charge is -2.34. The molecule has 1 aromatic heterocycles. The van der Waals surface area contributed by atoms with Crippen molar-refractivity contribution < 1.29 is 4.74 Å². The molecular weight excluding hydrogens is 276 g/mol. The van der Waals surface area contributed by atoms with Gasteiger partial charge in [0.05, 0.1) is 6.61 Å². The second-order valence-corrected chi connectivity index (χ2v) is 5.35. The van der Waals surface area contributed by atoms with E-state index in [4.69, 9.17) is 4.74 Å². The van der Waals surface area contributed by atoms with Crippen LogP contribution in [0.5, 0.6) is 5.75 Å². The summed E-state index contributed by atoms with van der Waals surface area (Å²) in [5.41, 5.74) is 1.26. The third-order valence-electron chi connectivity index (χ3n) is 3.87. The number of para-hydroxylation sites is 1. The fraction of sp³-hybridized carbons (Fsp3) is 0.412. The first-order valence-electron chi connectivity index (χ1n) is 7.82. The van der Waals surface area contributed by atoms with E-state index in [1.807, 2.05) is 25.1 Å². The predicted molar refractivity (Wildman–Crippen MR) is 87.1 cm³/mol. The molecule has 0 amide bonds. The maximum atomic E-state index is 5.71. The van der Waals surface area contributed by atoms with E-state index in [2.05, 4.69) is 31.9 Å². The van der Waals surface area contributed by atoms with E-state index in [0.29, 0.717) is 6.61 Å². The van der Waals surface area contributed by atoms with Crippen molar-refractivity contribution in [2.24, 2.45) is 0 Å². The van der Waals surface area contributed by atoms with Gasteiger partial charge in [0, 0.05) is 50.7 Å². The van der Waals surface area contributed by atoms with Crippen molar-refractivity contribution in [3.8, 4) is 5.75 Å². The minimum Gasteiger partial charge on any atom is -0.494 e. The standard InChI is InChI=1S/C17H22N4O/c1-2-22-16-7-4-3-6-15(16)14-20-10-12-21(13-11-20)17-18-8-5-9-19-17/h3-9H,2,10-14H2,1H3. The van der Waals surface area contributed by atoms with Crippen LogP contribution in [0.4, 0.5) is 5.95 Å². The van der Waals surface area contributed by atoms with Gasteiger partial charge in [0.15, 0.2) is 0 Å². The molecule has 22 heavy (non-hydrogen) atoms. The van der Waals surface area contributed by atoms with Crippen LogP contribution in [0.3, 0.4) is 0 Å². The first-order valence-corrected chi connectivity index (χ1v) is 7.82. The van der Waals surface area contributed by atoms with Crippen molar-refractivity contribution in [3.63, 3.8) is 0 Å². The SMILES string of the molecule is CCOc1ccccc1CN1CCN(c2ncccn2)CC1. The lowest BCUT2D eigenvalue weighted by molar-refractivity contribution is 0.242. The van der Waals surface area contributed by atoms with Crippen LogP contribution >= 0.6 is 0 Å². The van der Waals surface area contributed by atoms with Gasteiger partial charge in [-0.3, -0.25) is 4.90 Å². The Morgan fingerprint density at radius 2 is 1.73 bits per heavy atom. The summed E-state index contributed by atoms with van der Waals surface area (Å²) in [7, 11) is 0. The highest BCUT2D eigenvalue weighted by Crippen LogP contribution is 2.21. The molecule has 1 aliphatic rings. The van der Waals surface area contributed by atoms with Crippen LogP contribution in [0.1, 0.15) is 12.5 Å². The highest BCUT2D eigenvalue weighted by atomic mass is 16.5. The van der Waals surface area contributed by atoms with Gasteiger partial charge in [0.2, 0.25) is 5.95 Å². The molecule has 0 atom stereocenters. The molecule has 0 N–H and O–H groups in total. The molecule has 0 unspecified atom stereocenters. The van der Waals surface area contributed by atoms with Crippen molar-refractivity contribution in [1.29, 1.82) is 0 Å². The summed E-state index contributed by atoms with van der Waals surface area (Å²) in [5.74, 6) is 1.83. The first-order chi connectivity index (χ1) is 10.9. The van der Waals surface area contributed by atoms with Crippen molar-refractivity contribution >= 4 is 5.95 Å². The average molecular weight is 298 g/mol. The van der Waals surface area contributed by atoms with E-state index in [0.717, 1.165) is 44.4 Å². The van der Waals surface area contributed by atoms with E-state index in [1.54, 1.807) is 12.4 Å². The van der Waals surface area contributed by atoms with E-state index < -0.39 is 0 Å². The van der Waals surface area contributed by atoms with Gasteiger partial charge >= 0.3 is 0 Å². The first kappa shape index (κ1) is 14.8. The van der Waals surface area contributed by atoms with E-state index >= 15 is 0 Å². The molecule has 0 bridgehead atoms. The molecule has 5 heteroatoms. The molecule has 0 saturated carbocycles. The Kier molecular flexibility index (Phi) is 4.85. The molecule has 2 heterocycles. The lowest BCUT2D eigenvalue weighted by Crippen LogP contribution is -2.46. The molecule has 5 nitrogen and oxygen atoms in total. The van der Waals surface area contributed by atoms with Gasteiger partial charge in [-0.25, -0.2) is 9.97 Å². The molecule has 2 aromatic rings. The zero-order valence-electron chi connectivity index (χ0n) is 13.0. The van der Waals surface area contributed by atoms with Crippen LogP contribution in [-0.2, 0) is 6.54 Å². The molecule has 1 saturated heterocycles. The van der Waals surface area contributed by atoms with Gasteiger partial charge in [-0.15, -0.1) is 0 Å². The number of hydrogen-bond acceptors (Lipinski definition) is 5. The molecule has 0 radical (unpaired) electrons. The summed E-state index contributed by atoms with van der Waals surface area (Å²) in [6.07, 6.45) is 3.60. The smallest absolute Gasteiger partial charge is 0.225 e. The van der Waals surface area contributed by atoms with Crippen LogP contribution < -0.4 is 9.64 Å². The Bertz CT molecular complexity index is 582. The molecule has 3 rings (SSSR count). The third-order valence-corrected chi connectivity index (χ3v) is 3.87. The van der Waals surface area contributed by atoms with Gasteiger partial charge in [0.25, 0.3) is 0 Å². The third kappa shape index (κ3) is 3.54. The molecule has 0 aliphatic carbocycles. The molecule has 0 spiro atoms. The normalized spacial score (nSPS) is 15.8. The molecule has 1 fully saturated rings. The summed E-state index contributed by atoms with van der Waals surface area (Å²) in [6, 6.07) is 10.2. The van der Waals surface area contributed by atoms with Crippen molar-refractivity contribution in [3.05, 3.63) is 48.3 Å². The van der Waals surface area contributed by atoms with Crippen LogP contribution in [0, 0.1) is 0 Å².